The molecule has 0 spiro atoms. The Morgan fingerprint density at radius 1 is 1.35 bits per heavy atom. The van der Waals surface area contributed by atoms with E-state index in [1.54, 1.807) is 4.90 Å². The number of aliphatic carboxylic acids is 1. The Bertz CT molecular complexity index is 352. The number of carbonyl (C=O) groups is 2. The molecule has 0 saturated carbocycles. The molecule has 0 aliphatic carbocycles. The number of carboxylic acids is 1. The van der Waals surface area contributed by atoms with Gasteiger partial charge in [0.05, 0.1) is 5.37 Å². The Labute approximate surface area is 125 Å². The van der Waals surface area contributed by atoms with E-state index < -0.39 is 12.0 Å². The van der Waals surface area contributed by atoms with Gasteiger partial charge in [-0.05, 0) is 40.9 Å². The second-order valence-corrected chi connectivity index (χ2v) is 6.56. The number of hydrogen-bond acceptors (Lipinski definition) is 4. The van der Waals surface area contributed by atoms with Crippen molar-refractivity contribution < 1.29 is 14.7 Å². The standard InChI is InChI=1S/C13H25N3O3S/c1-5-15(8-6-7-14(3)4)13(19)16-10(2)20-9-11(16)12(17)18/h10-11H,5-9H2,1-4H3,(H,17,18). The van der Waals surface area contributed by atoms with Crippen molar-refractivity contribution in [3.05, 3.63) is 0 Å². The number of thioether (sulfide) groups is 1. The first kappa shape index (κ1) is 17.1. The van der Waals surface area contributed by atoms with Crippen molar-refractivity contribution in [2.75, 3.05) is 39.5 Å². The SMILES string of the molecule is CCN(CCCN(C)C)C(=O)N1C(C)SCC1C(=O)O. The molecule has 116 valence electrons. The molecule has 0 aromatic rings. The van der Waals surface area contributed by atoms with Gasteiger partial charge in [-0.1, -0.05) is 0 Å². The van der Waals surface area contributed by atoms with E-state index in [0.29, 0.717) is 18.8 Å². The van der Waals surface area contributed by atoms with E-state index in [1.807, 2.05) is 27.9 Å². The highest BCUT2D eigenvalue weighted by Crippen LogP contribution is 2.29. The number of carbonyl (C=O) groups excluding carboxylic acids is 1. The quantitative estimate of drug-likeness (QED) is 0.799. The van der Waals surface area contributed by atoms with Crippen LogP contribution < -0.4 is 0 Å². The van der Waals surface area contributed by atoms with Gasteiger partial charge in [0, 0.05) is 18.8 Å². The number of hydrogen-bond donors (Lipinski definition) is 1. The van der Waals surface area contributed by atoms with Gasteiger partial charge in [-0.3, -0.25) is 4.90 Å². The minimum atomic E-state index is -0.917. The predicted molar refractivity (Wildman–Crippen MR) is 81.0 cm³/mol. The zero-order valence-electron chi connectivity index (χ0n) is 12.7. The van der Waals surface area contributed by atoms with E-state index in [-0.39, 0.29) is 11.4 Å². The molecule has 1 N–H and O–H groups in total. The highest BCUT2D eigenvalue weighted by Gasteiger charge is 2.40. The number of carboxylic acid groups (broad SMARTS) is 1. The molecule has 0 radical (unpaired) electrons. The number of nitrogens with zero attached hydrogens (tertiary/aromatic N) is 3. The van der Waals surface area contributed by atoms with Crippen molar-refractivity contribution in [1.82, 2.24) is 14.7 Å². The normalized spacial score (nSPS) is 22.4. The van der Waals surface area contributed by atoms with Gasteiger partial charge in [-0.2, -0.15) is 0 Å². The van der Waals surface area contributed by atoms with Gasteiger partial charge >= 0.3 is 12.0 Å². The number of amides is 2. The van der Waals surface area contributed by atoms with E-state index in [2.05, 4.69) is 4.90 Å². The molecule has 1 rings (SSSR count). The molecular formula is C13H25N3O3S. The predicted octanol–water partition coefficient (Wildman–Crippen LogP) is 1.23. The van der Waals surface area contributed by atoms with Gasteiger partial charge in [-0.25, -0.2) is 9.59 Å². The highest BCUT2D eigenvalue weighted by molar-refractivity contribution is 8.00. The van der Waals surface area contributed by atoms with Gasteiger partial charge in [-0.15, -0.1) is 11.8 Å². The number of urea groups is 1. The summed E-state index contributed by atoms with van der Waals surface area (Å²) in [7, 11) is 4.00. The Morgan fingerprint density at radius 2 is 2.00 bits per heavy atom. The molecule has 0 aromatic carbocycles. The topological polar surface area (TPSA) is 64.1 Å². The maximum absolute atomic E-state index is 12.5. The van der Waals surface area contributed by atoms with E-state index in [0.717, 1.165) is 13.0 Å². The first-order chi connectivity index (χ1) is 9.38. The van der Waals surface area contributed by atoms with Crippen LogP contribution in [0.1, 0.15) is 20.3 Å². The third-order valence-corrected chi connectivity index (χ3v) is 4.63. The van der Waals surface area contributed by atoms with Crippen LogP contribution in [0.2, 0.25) is 0 Å². The summed E-state index contributed by atoms with van der Waals surface area (Å²) in [6.45, 7) is 5.99. The molecular weight excluding hydrogens is 278 g/mol. The van der Waals surface area contributed by atoms with E-state index in [1.165, 1.54) is 16.7 Å². The lowest BCUT2D eigenvalue weighted by Gasteiger charge is -2.32. The summed E-state index contributed by atoms with van der Waals surface area (Å²) < 4.78 is 0. The molecule has 1 aliphatic heterocycles. The lowest BCUT2D eigenvalue weighted by molar-refractivity contribution is -0.141. The third-order valence-electron chi connectivity index (χ3n) is 3.41. The molecule has 6 nitrogen and oxygen atoms in total. The largest absolute Gasteiger partial charge is 0.480 e. The first-order valence-electron chi connectivity index (χ1n) is 6.94. The fraction of sp³-hybridized carbons (Fsp3) is 0.846. The maximum atomic E-state index is 12.5. The van der Waals surface area contributed by atoms with Crippen molar-refractivity contribution in [3.63, 3.8) is 0 Å². The monoisotopic (exact) mass is 303 g/mol. The van der Waals surface area contributed by atoms with Crippen LogP contribution in [0.15, 0.2) is 0 Å². The molecule has 2 unspecified atom stereocenters. The zero-order chi connectivity index (χ0) is 15.3. The third kappa shape index (κ3) is 4.28. The van der Waals surface area contributed by atoms with E-state index in [9.17, 15) is 14.7 Å². The zero-order valence-corrected chi connectivity index (χ0v) is 13.5. The van der Waals surface area contributed by atoms with Crippen molar-refractivity contribution in [3.8, 4) is 0 Å². The number of rotatable bonds is 6. The van der Waals surface area contributed by atoms with Crippen LogP contribution in [0.5, 0.6) is 0 Å². The first-order valence-corrected chi connectivity index (χ1v) is 7.99. The lowest BCUT2D eigenvalue weighted by Crippen LogP contribution is -2.51. The van der Waals surface area contributed by atoms with Crippen LogP contribution in [0.3, 0.4) is 0 Å². The Balaban J connectivity index is 2.66. The Morgan fingerprint density at radius 3 is 2.50 bits per heavy atom. The van der Waals surface area contributed by atoms with Crippen LogP contribution in [0.4, 0.5) is 4.79 Å². The average Bonchev–Trinajstić information content (AvgIpc) is 2.75. The summed E-state index contributed by atoms with van der Waals surface area (Å²) >= 11 is 1.52. The smallest absolute Gasteiger partial charge is 0.327 e. The molecule has 20 heavy (non-hydrogen) atoms. The van der Waals surface area contributed by atoms with Crippen LogP contribution in [-0.4, -0.2) is 82.7 Å². The van der Waals surface area contributed by atoms with Crippen LogP contribution in [0.25, 0.3) is 0 Å². The van der Waals surface area contributed by atoms with Gasteiger partial charge in [0.25, 0.3) is 0 Å². The molecule has 1 aliphatic rings. The van der Waals surface area contributed by atoms with Gasteiger partial charge in [0.15, 0.2) is 0 Å². The molecule has 1 heterocycles. The van der Waals surface area contributed by atoms with Gasteiger partial charge in [0.2, 0.25) is 0 Å². The molecule has 1 saturated heterocycles. The summed E-state index contributed by atoms with van der Waals surface area (Å²) in [4.78, 5) is 29.1. The minimum Gasteiger partial charge on any atom is -0.480 e. The highest BCUT2D eigenvalue weighted by atomic mass is 32.2. The maximum Gasteiger partial charge on any atom is 0.327 e. The van der Waals surface area contributed by atoms with E-state index >= 15 is 0 Å². The van der Waals surface area contributed by atoms with E-state index in [4.69, 9.17) is 0 Å². The molecule has 2 amide bonds. The molecule has 1 fully saturated rings. The second-order valence-electron chi connectivity index (χ2n) is 5.21. The molecule has 0 aromatic heterocycles. The van der Waals surface area contributed by atoms with Crippen LogP contribution in [0, 0.1) is 0 Å². The van der Waals surface area contributed by atoms with Crippen molar-refractivity contribution >= 4 is 23.8 Å². The minimum absolute atomic E-state index is 0.0773. The van der Waals surface area contributed by atoms with Gasteiger partial charge in [0.1, 0.15) is 6.04 Å². The molecule has 0 bridgehead atoms. The summed E-state index contributed by atoms with van der Waals surface area (Å²) in [6, 6.07) is -0.860. The van der Waals surface area contributed by atoms with Crippen LogP contribution >= 0.6 is 11.8 Å². The fourth-order valence-corrected chi connectivity index (χ4v) is 3.42. The van der Waals surface area contributed by atoms with Crippen LogP contribution in [-0.2, 0) is 4.79 Å². The van der Waals surface area contributed by atoms with Crippen molar-refractivity contribution in [1.29, 1.82) is 0 Å². The van der Waals surface area contributed by atoms with Gasteiger partial charge < -0.3 is 14.9 Å². The summed E-state index contributed by atoms with van der Waals surface area (Å²) in [6.07, 6.45) is 0.889. The fourth-order valence-electron chi connectivity index (χ4n) is 2.25. The Hall–Kier alpha value is -0.950. The van der Waals surface area contributed by atoms with Crippen molar-refractivity contribution in [2.45, 2.75) is 31.7 Å². The second kappa shape index (κ2) is 7.73. The lowest BCUT2D eigenvalue weighted by atomic mass is 10.3. The summed E-state index contributed by atoms with van der Waals surface area (Å²) in [5.74, 6) is -0.447. The summed E-state index contributed by atoms with van der Waals surface area (Å²) in [5.41, 5.74) is 0. The summed E-state index contributed by atoms with van der Waals surface area (Å²) in [5, 5.41) is 9.14. The average molecular weight is 303 g/mol. The molecule has 2 atom stereocenters. The Kier molecular flexibility index (Phi) is 6.61. The molecule has 7 heteroatoms. The van der Waals surface area contributed by atoms with Crippen molar-refractivity contribution in [2.24, 2.45) is 0 Å².